The highest BCUT2D eigenvalue weighted by atomic mass is 32.1. The smallest absolute Gasteiger partial charge is 0.0896 e. The molecule has 2 heterocycles. The van der Waals surface area contributed by atoms with E-state index >= 15 is 0 Å². The van der Waals surface area contributed by atoms with Crippen LogP contribution in [0.5, 0.6) is 0 Å². The molecule has 3 nitrogen and oxygen atoms in total. The third kappa shape index (κ3) is 2.19. The number of aliphatic hydroxyl groups is 1. The van der Waals surface area contributed by atoms with E-state index in [-0.39, 0.29) is 6.10 Å². The first kappa shape index (κ1) is 14.2. The van der Waals surface area contributed by atoms with Crippen LogP contribution in [0.25, 0.3) is 0 Å². The zero-order valence-corrected chi connectivity index (χ0v) is 13.4. The summed E-state index contributed by atoms with van der Waals surface area (Å²) in [6.07, 6.45) is 6.21. The van der Waals surface area contributed by atoms with E-state index in [0.717, 1.165) is 17.9 Å². The van der Waals surface area contributed by atoms with Gasteiger partial charge >= 0.3 is 0 Å². The van der Waals surface area contributed by atoms with Crippen LogP contribution in [0.2, 0.25) is 0 Å². The summed E-state index contributed by atoms with van der Waals surface area (Å²) in [5.41, 5.74) is 0.434. The van der Waals surface area contributed by atoms with Crippen molar-refractivity contribution in [3.8, 4) is 0 Å². The SMILES string of the molecule is CC(CC(O)c1cccs1)NC1C2CCOC2C12CCC2. The Morgan fingerprint density at radius 1 is 1.52 bits per heavy atom. The third-order valence-corrected chi connectivity index (χ3v) is 6.92. The Bertz CT molecular complexity index is 485. The third-order valence-electron chi connectivity index (χ3n) is 5.95. The summed E-state index contributed by atoms with van der Waals surface area (Å²) < 4.78 is 5.97. The molecule has 2 N–H and O–H groups in total. The van der Waals surface area contributed by atoms with Gasteiger partial charge in [0.25, 0.3) is 0 Å². The van der Waals surface area contributed by atoms with Gasteiger partial charge in [0.1, 0.15) is 0 Å². The maximum absolute atomic E-state index is 10.3. The van der Waals surface area contributed by atoms with E-state index in [4.69, 9.17) is 4.74 Å². The average Bonchev–Trinajstić information content (AvgIpc) is 3.04. The first-order valence-electron chi connectivity index (χ1n) is 8.30. The van der Waals surface area contributed by atoms with Gasteiger partial charge in [0.2, 0.25) is 0 Å². The zero-order valence-electron chi connectivity index (χ0n) is 12.6. The molecule has 3 aliphatic rings. The predicted molar refractivity (Wildman–Crippen MR) is 84.4 cm³/mol. The normalized spacial score (nSPS) is 35.8. The van der Waals surface area contributed by atoms with Crippen molar-refractivity contribution in [3.63, 3.8) is 0 Å². The van der Waals surface area contributed by atoms with E-state index in [9.17, 15) is 5.11 Å². The quantitative estimate of drug-likeness (QED) is 0.878. The molecule has 21 heavy (non-hydrogen) atoms. The Labute approximate surface area is 130 Å². The highest BCUT2D eigenvalue weighted by Gasteiger charge is 2.66. The average molecular weight is 307 g/mol. The lowest BCUT2D eigenvalue weighted by Gasteiger charge is -2.64. The molecule has 0 aromatic carbocycles. The molecular formula is C17H25NO2S. The summed E-state index contributed by atoms with van der Waals surface area (Å²) in [4.78, 5) is 1.08. The van der Waals surface area contributed by atoms with Crippen LogP contribution in [0.1, 0.15) is 50.0 Å². The summed E-state index contributed by atoms with van der Waals surface area (Å²) in [7, 11) is 0. The summed E-state index contributed by atoms with van der Waals surface area (Å²) in [5.74, 6) is 0.714. The lowest BCUT2D eigenvalue weighted by atomic mass is 9.46. The minimum Gasteiger partial charge on any atom is -0.388 e. The van der Waals surface area contributed by atoms with Gasteiger partial charge in [-0.3, -0.25) is 0 Å². The molecule has 3 fully saturated rings. The minimum atomic E-state index is -0.333. The van der Waals surface area contributed by atoms with Crippen molar-refractivity contribution >= 4 is 11.3 Å². The molecule has 2 aliphatic carbocycles. The van der Waals surface area contributed by atoms with Gasteiger partial charge in [-0.2, -0.15) is 0 Å². The van der Waals surface area contributed by atoms with Gasteiger partial charge in [0, 0.05) is 34.9 Å². The maximum atomic E-state index is 10.3. The first-order valence-corrected chi connectivity index (χ1v) is 9.18. The molecule has 0 amide bonds. The largest absolute Gasteiger partial charge is 0.388 e. The second-order valence-electron chi connectivity index (χ2n) is 7.14. The number of fused-ring (bicyclic) bond motifs is 2. The summed E-state index contributed by atoms with van der Waals surface area (Å²) >= 11 is 1.64. The van der Waals surface area contributed by atoms with Crippen molar-refractivity contribution in [2.45, 2.75) is 63.3 Å². The van der Waals surface area contributed by atoms with Gasteiger partial charge in [0.15, 0.2) is 0 Å². The number of nitrogens with one attached hydrogen (secondary N) is 1. The summed E-state index contributed by atoms with van der Waals surface area (Å²) in [6.45, 7) is 3.16. The van der Waals surface area contributed by atoms with E-state index in [1.807, 2.05) is 17.5 Å². The van der Waals surface area contributed by atoms with E-state index in [2.05, 4.69) is 12.2 Å². The number of rotatable bonds is 5. The number of hydrogen-bond acceptors (Lipinski definition) is 4. The molecule has 0 bridgehead atoms. The minimum absolute atomic E-state index is 0.333. The van der Waals surface area contributed by atoms with Crippen LogP contribution in [0.15, 0.2) is 17.5 Å². The van der Waals surface area contributed by atoms with Crippen LogP contribution in [0.3, 0.4) is 0 Å². The molecule has 5 unspecified atom stereocenters. The molecule has 4 rings (SSSR count). The molecule has 5 atom stereocenters. The lowest BCUT2D eigenvalue weighted by Crippen LogP contribution is -2.72. The molecule has 1 aromatic rings. The van der Waals surface area contributed by atoms with Crippen LogP contribution in [-0.2, 0) is 4.74 Å². The fraction of sp³-hybridized carbons (Fsp3) is 0.765. The molecule has 1 aromatic heterocycles. The number of aliphatic hydroxyl groups excluding tert-OH is 1. The first-order chi connectivity index (χ1) is 10.2. The van der Waals surface area contributed by atoms with Gasteiger partial charge in [-0.15, -0.1) is 11.3 Å². The van der Waals surface area contributed by atoms with Gasteiger partial charge in [0.05, 0.1) is 12.2 Å². The summed E-state index contributed by atoms with van der Waals surface area (Å²) in [5, 5.41) is 16.2. The van der Waals surface area contributed by atoms with Crippen LogP contribution in [-0.4, -0.2) is 29.9 Å². The molecule has 4 heteroatoms. The van der Waals surface area contributed by atoms with Gasteiger partial charge in [-0.25, -0.2) is 0 Å². The van der Waals surface area contributed by atoms with Gasteiger partial charge in [-0.05, 0) is 44.1 Å². The van der Waals surface area contributed by atoms with E-state index in [1.165, 1.54) is 25.7 Å². The van der Waals surface area contributed by atoms with Gasteiger partial charge in [-0.1, -0.05) is 12.5 Å². The number of thiophene rings is 1. The van der Waals surface area contributed by atoms with Crippen LogP contribution < -0.4 is 5.32 Å². The Kier molecular flexibility index (Phi) is 3.61. The van der Waals surface area contributed by atoms with Crippen LogP contribution >= 0.6 is 11.3 Å². The van der Waals surface area contributed by atoms with Crippen molar-refractivity contribution in [1.82, 2.24) is 5.32 Å². The Hall–Kier alpha value is -0.420. The molecule has 0 radical (unpaired) electrons. The lowest BCUT2D eigenvalue weighted by molar-refractivity contribution is -0.178. The highest BCUT2D eigenvalue weighted by molar-refractivity contribution is 7.10. The zero-order chi connectivity index (χ0) is 14.4. The van der Waals surface area contributed by atoms with Gasteiger partial charge < -0.3 is 15.2 Å². The standard InChI is InChI=1S/C17H25NO2S/c1-11(10-13(19)14-4-2-9-21-14)18-15-12-5-8-20-16(12)17(15)6-3-7-17/h2,4,9,11-13,15-16,18-19H,3,5-8,10H2,1H3. The Morgan fingerprint density at radius 3 is 3.05 bits per heavy atom. The van der Waals surface area contributed by atoms with Crippen molar-refractivity contribution in [3.05, 3.63) is 22.4 Å². The molecule has 2 saturated carbocycles. The second-order valence-corrected chi connectivity index (χ2v) is 8.12. The molecule has 1 saturated heterocycles. The van der Waals surface area contributed by atoms with E-state index in [1.54, 1.807) is 11.3 Å². The van der Waals surface area contributed by atoms with Crippen molar-refractivity contribution in [1.29, 1.82) is 0 Å². The fourth-order valence-electron chi connectivity index (χ4n) is 4.80. The van der Waals surface area contributed by atoms with Crippen LogP contribution in [0, 0.1) is 11.3 Å². The van der Waals surface area contributed by atoms with Crippen molar-refractivity contribution in [2.75, 3.05) is 6.61 Å². The van der Waals surface area contributed by atoms with E-state index < -0.39 is 0 Å². The number of hydrogen-bond donors (Lipinski definition) is 2. The second kappa shape index (κ2) is 5.34. The molecular weight excluding hydrogens is 282 g/mol. The maximum Gasteiger partial charge on any atom is 0.0896 e. The number of ether oxygens (including phenoxy) is 1. The van der Waals surface area contributed by atoms with Crippen molar-refractivity contribution < 1.29 is 9.84 Å². The van der Waals surface area contributed by atoms with Crippen LogP contribution in [0.4, 0.5) is 0 Å². The highest BCUT2D eigenvalue weighted by Crippen LogP contribution is 2.62. The Balaban J connectivity index is 1.37. The molecule has 1 spiro atoms. The topological polar surface area (TPSA) is 41.5 Å². The van der Waals surface area contributed by atoms with E-state index in [0.29, 0.717) is 29.5 Å². The molecule has 116 valence electrons. The Morgan fingerprint density at radius 2 is 2.38 bits per heavy atom. The monoisotopic (exact) mass is 307 g/mol. The summed E-state index contributed by atoms with van der Waals surface area (Å²) in [6, 6.07) is 5.01. The van der Waals surface area contributed by atoms with Crippen molar-refractivity contribution in [2.24, 2.45) is 11.3 Å². The fourth-order valence-corrected chi connectivity index (χ4v) is 5.53. The predicted octanol–water partition coefficient (Wildman–Crippen LogP) is 3.11. The molecule has 1 aliphatic heterocycles.